The summed E-state index contributed by atoms with van der Waals surface area (Å²) in [5.74, 6) is 0.264. The summed E-state index contributed by atoms with van der Waals surface area (Å²) in [7, 11) is 0. The van der Waals surface area contributed by atoms with Gasteiger partial charge in [0.15, 0.2) is 0 Å². The fraction of sp³-hybridized carbons (Fsp3) is 0.538. The van der Waals surface area contributed by atoms with Gasteiger partial charge in [-0.05, 0) is 51.8 Å². The van der Waals surface area contributed by atoms with E-state index in [1.54, 1.807) is 0 Å². The van der Waals surface area contributed by atoms with Crippen molar-refractivity contribution in [2.45, 2.75) is 45.7 Å². The van der Waals surface area contributed by atoms with Gasteiger partial charge in [-0.1, -0.05) is 6.07 Å². The minimum absolute atomic E-state index is 0.264. The van der Waals surface area contributed by atoms with Crippen LogP contribution in [0, 0.1) is 6.92 Å². The van der Waals surface area contributed by atoms with E-state index in [-0.39, 0.29) is 5.75 Å². The predicted octanol–water partition coefficient (Wildman–Crippen LogP) is 2.09. The lowest BCUT2D eigenvalue weighted by Gasteiger charge is -2.26. The third-order valence-corrected chi connectivity index (χ3v) is 2.74. The summed E-state index contributed by atoms with van der Waals surface area (Å²) in [5.41, 5.74) is 13.6. The maximum Gasteiger partial charge on any atom is 0.123 e. The van der Waals surface area contributed by atoms with Crippen LogP contribution < -0.4 is 11.5 Å². The van der Waals surface area contributed by atoms with Crippen molar-refractivity contribution in [2.24, 2.45) is 11.5 Å². The van der Waals surface area contributed by atoms with Crippen molar-refractivity contribution in [1.82, 2.24) is 0 Å². The SMILES string of the molecule is Cc1cc(C(C)(C)N)cc(C(C)(C)N)c1O. The lowest BCUT2D eigenvalue weighted by Crippen LogP contribution is -2.32. The van der Waals surface area contributed by atoms with Crippen LogP contribution in [0.5, 0.6) is 5.75 Å². The molecule has 1 aromatic rings. The zero-order valence-electron chi connectivity index (χ0n) is 10.8. The fourth-order valence-corrected chi connectivity index (χ4v) is 1.64. The lowest BCUT2D eigenvalue weighted by molar-refractivity contribution is 0.434. The molecule has 0 atom stereocenters. The second kappa shape index (κ2) is 3.75. The lowest BCUT2D eigenvalue weighted by atomic mass is 9.86. The number of aromatic hydroxyl groups is 1. The Labute approximate surface area is 97.5 Å². The van der Waals surface area contributed by atoms with E-state index in [1.165, 1.54) is 0 Å². The molecule has 0 unspecified atom stereocenters. The molecule has 0 aromatic heterocycles. The van der Waals surface area contributed by atoms with Crippen molar-refractivity contribution in [3.05, 3.63) is 28.8 Å². The van der Waals surface area contributed by atoms with Gasteiger partial charge in [0.2, 0.25) is 0 Å². The zero-order chi connectivity index (χ0) is 12.7. The van der Waals surface area contributed by atoms with E-state index in [0.29, 0.717) is 0 Å². The molecule has 0 amide bonds. The van der Waals surface area contributed by atoms with E-state index >= 15 is 0 Å². The molecule has 0 bridgehead atoms. The van der Waals surface area contributed by atoms with Crippen molar-refractivity contribution >= 4 is 0 Å². The molecule has 0 aliphatic rings. The van der Waals surface area contributed by atoms with Gasteiger partial charge in [0.25, 0.3) is 0 Å². The maximum absolute atomic E-state index is 10.0. The molecule has 1 aromatic carbocycles. The summed E-state index contributed by atoms with van der Waals surface area (Å²) in [5, 5.41) is 10.0. The highest BCUT2D eigenvalue weighted by Gasteiger charge is 2.24. The molecule has 0 aliphatic carbocycles. The molecule has 0 aliphatic heterocycles. The van der Waals surface area contributed by atoms with Gasteiger partial charge in [-0.3, -0.25) is 0 Å². The van der Waals surface area contributed by atoms with Gasteiger partial charge in [0.1, 0.15) is 5.75 Å². The van der Waals surface area contributed by atoms with E-state index in [0.717, 1.165) is 16.7 Å². The van der Waals surface area contributed by atoms with Crippen LogP contribution in [0.4, 0.5) is 0 Å². The number of hydrogen-bond acceptors (Lipinski definition) is 3. The molecule has 16 heavy (non-hydrogen) atoms. The summed E-state index contributed by atoms with van der Waals surface area (Å²) in [6, 6.07) is 3.80. The van der Waals surface area contributed by atoms with E-state index in [9.17, 15) is 5.11 Å². The van der Waals surface area contributed by atoms with Gasteiger partial charge >= 0.3 is 0 Å². The predicted molar refractivity (Wildman–Crippen MR) is 67.3 cm³/mol. The maximum atomic E-state index is 10.0. The average molecular weight is 222 g/mol. The fourth-order valence-electron chi connectivity index (χ4n) is 1.64. The topological polar surface area (TPSA) is 72.3 Å². The smallest absolute Gasteiger partial charge is 0.123 e. The van der Waals surface area contributed by atoms with Crippen LogP contribution in [-0.4, -0.2) is 5.11 Å². The van der Waals surface area contributed by atoms with Gasteiger partial charge in [-0.25, -0.2) is 0 Å². The summed E-state index contributed by atoms with van der Waals surface area (Å²) < 4.78 is 0. The molecule has 0 spiro atoms. The van der Waals surface area contributed by atoms with Crippen LogP contribution >= 0.6 is 0 Å². The monoisotopic (exact) mass is 222 g/mol. The third-order valence-electron chi connectivity index (χ3n) is 2.74. The van der Waals surface area contributed by atoms with Crippen molar-refractivity contribution < 1.29 is 5.11 Å². The Kier molecular flexibility index (Phi) is 3.05. The highest BCUT2D eigenvalue weighted by atomic mass is 16.3. The first-order valence-electron chi connectivity index (χ1n) is 5.46. The molecule has 5 N–H and O–H groups in total. The van der Waals surface area contributed by atoms with Crippen LogP contribution in [0.15, 0.2) is 12.1 Å². The molecular weight excluding hydrogens is 200 g/mol. The number of phenols is 1. The zero-order valence-corrected chi connectivity index (χ0v) is 10.8. The van der Waals surface area contributed by atoms with Gasteiger partial charge in [0, 0.05) is 16.6 Å². The quantitative estimate of drug-likeness (QED) is 0.717. The molecule has 3 nitrogen and oxygen atoms in total. The minimum Gasteiger partial charge on any atom is -0.507 e. The highest BCUT2D eigenvalue weighted by molar-refractivity contribution is 5.47. The molecule has 0 saturated carbocycles. The summed E-state index contributed by atoms with van der Waals surface area (Å²) in [6.45, 7) is 9.47. The Morgan fingerprint density at radius 2 is 1.50 bits per heavy atom. The Morgan fingerprint density at radius 1 is 1.00 bits per heavy atom. The standard InChI is InChI=1S/C13H22N2O/c1-8-6-9(12(2,3)14)7-10(11(8)16)13(4,5)15/h6-7,16H,14-15H2,1-5H3. The number of aryl methyl sites for hydroxylation is 1. The Morgan fingerprint density at radius 3 is 1.88 bits per heavy atom. The summed E-state index contributed by atoms with van der Waals surface area (Å²) >= 11 is 0. The molecule has 0 saturated heterocycles. The molecular formula is C13H22N2O. The molecule has 3 heteroatoms. The highest BCUT2D eigenvalue weighted by Crippen LogP contribution is 2.33. The van der Waals surface area contributed by atoms with Gasteiger partial charge in [-0.15, -0.1) is 0 Å². The van der Waals surface area contributed by atoms with Crippen molar-refractivity contribution in [3.8, 4) is 5.75 Å². The van der Waals surface area contributed by atoms with Crippen LogP contribution in [0.3, 0.4) is 0 Å². The molecule has 1 rings (SSSR count). The van der Waals surface area contributed by atoms with E-state index in [4.69, 9.17) is 11.5 Å². The first-order valence-corrected chi connectivity index (χ1v) is 5.46. The van der Waals surface area contributed by atoms with Crippen molar-refractivity contribution in [3.63, 3.8) is 0 Å². The van der Waals surface area contributed by atoms with Crippen molar-refractivity contribution in [1.29, 1.82) is 0 Å². The third kappa shape index (κ3) is 2.54. The molecule has 0 fully saturated rings. The van der Waals surface area contributed by atoms with Crippen LogP contribution in [0.1, 0.15) is 44.4 Å². The molecule has 0 radical (unpaired) electrons. The first-order chi connectivity index (χ1) is 7.03. The van der Waals surface area contributed by atoms with Crippen LogP contribution in [-0.2, 0) is 11.1 Å². The second-order valence-corrected chi connectivity index (χ2v) is 5.63. The molecule has 90 valence electrons. The number of phenolic OH excluding ortho intramolecular Hbond substituents is 1. The Balaban J connectivity index is 3.46. The Hall–Kier alpha value is -1.06. The largest absolute Gasteiger partial charge is 0.507 e. The number of hydrogen-bond donors (Lipinski definition) is 3. The first kappa shape index (κ1) is 13.0. The van der Waals surface area contributed by atoms with E-state index < -0.39 is 11.1 Å². The van der Waals surface area contributed by atoms with E-state index in [1.807, 2.05) is 46.8 Å². The van der Waals surface area contributed by atoms with Gasteiger partial charge in [-0.2, -0.15) is 0 Å². The van der Waals surface area contributed by atoms with Crippen molar-refractivity contribution in [2.75, 3.05) is 0 Å². The number of benzene rings is 1. The number of nitrogens with two attached hydrogens (primary N) is 2. The van der Waals surface area contributed by atoms with E-state index in [2.05, 4.69) is 0 Å². The Bertz CT molecular complexity index is 398. The van der Waals surface area contributed by atoms with Gasteiger partial charge in [0.05, 0.1) is 0 Å². The summed E-state index contributed by atoms with van der Waals surface area (Å²) in [6.07, 6.45) is 0. The normalized spacial score (nSPS) is 12.9. The number of rotatable bonds is 2. The summed E-state index contributed by atoms with van der Waals surface area (Å²) in [4.78, 5) is 0. The van der Waals surface area contributed by atoms with Crippen LogP contribution in [0.25, 0.3) is 0 Å². The minimum atomic E-state index is -0.573. The molecule has 0 heterocycles. The average Bonchev–Trinajstić information content (AvgIpc) is 2.05. The van der Waals surface area contributed by atoms with Crippen LogP contribution in [0.2, 0.25) is 0 Å². The van der Waals surface area contributed by atoms with Gasteiger partial charge < -0.3 is 16.6 Å². The second-order valence-electron chi connectivity index (χ2n) is 5.63.